The molecule has 1 aliphatic heterocycles. The highest BCUT2D eigenvalue weighted by atomic mass is 79.9. The lowest BCUT2D eigenvalue weighted by atomic mass is 10.1. The highest BCUT2D eigenvalue weighted by Crippen LogP contribution is 2.34. The van der Waals surface area contributed by atoms with Crippen LogP contribution in [0.2, 0.25) is 0 Å². The number of hydrogen-bond donors (Lipinski definition) is 1. The molecule has 1 amide bonds. The van der Waals surface area contributed by atoms with Crippen LogP contribution in [-0.2, 0) is 9.59 Å². The molecule has 5 nitrogen and oxygen atoms in total. The normalized spacial score (nSPS) is 18.4. The van der Waals surface area contributed by atoms with Crippen molar-refractivity contribution in [1.82, 2.24) is 0 Å². The number of nitrogens with zero attached hydrogens (tertiary/aromatic N) is 2. The van der Waals surface area contributed by atoms with Crippen LogP contribution in [0.25, 0.3) is 0 Å². The average Bonchev–Trinajstić information content (AvgIpc) is 2.72. The zero-order valence-electron chi connectivity index (χ0n) is 9.67. The van der Waals surface area contributed by atoms with Gasteiger partial charge in [-0.3, -0.25) is 9.59 Å². The maximum Gasteiger partial charge on any atom is 0.308 e. The second-order valence-corrected chi connectivity index (χ2v) is 5.76. The number of benzene rings is 1. The Morgan fingerprint density at radius 3 is 2.84 bits per heavy atom. The quantitative estimate of drug-likeness (QED) is 0.675. The van der Waals surface area contributed by atoms with E-state index in [1.54, 1.807) is 18.2 Å². The molecular formula is C12H9BrN2O3S. The minimum Gasteiger partial charge on any atom is -0.481 e. The molecule has 1 N–H and O–H groups in total. The Balaban J connectivity index is 2.26. The van der Waals surface area contributed by atoms with E-state index in [1.807, 2.05) is 5.40 Å². The summed E-state index contributed by atoms with van der Waals surface area (Å²) >= 11 is 4.37. The van der Waals surface area contributed by atoms with Crippen molar-refractivity contribution in [3.05, 3.63) is 22.7 Å². The zero-order chi connectivity index (χ0) is 14.0. The van der Waals surface area contributed by atoms with Gasteiger partial charge < -0.3 is 10.0 Å². The second-order valence-electron chi connectivity index (χ2n) is 4.05. The van der Waals surface area contributed by atoms with Crippen molar-refractivity contribution >= 4 is 45.3 Å². The van der Waals surface area contributed by atoms with E-state index in [2.05, 4.69) is 15.9 Å². The Bertz CT molecular complexity index is 585. The fourth-order valence-corrected chi connectivity index (χ4v) is 3.09. The molecule has 1 heterocycles. The number of carbonyl (C=O) groups is 2. The van der Waals surface area contributed by atoms with Gasteiger partial charge in [-0.25, -0.2) is 0 Å². The van der Waals surface area contributed by atoms with Crippen molar-refractivity contribution in [3.8, 4) is 5.40 Å². The molecule has 0 saturated carbocycles. The summed E-state index contributed by atoms with van der Waals surface area (Å²) in [5, 5.41) is 19.5. The van der Waals surface area contributed by atoms with Crippen LogP contribution in [0.15, 0.2) is 27.6 Å². The maximum absolute atomic E-state index is 11.8. The molecule has 1 unspecified atom stereocenters. The Morgan fingerprint density at radius 1 is 1.58 bits per heavy atom. The molecule has 2 rings (SSSR count). The van der Waals surface area contributed by atoms with Gasteiger partial charge in [0.2, 0.25) is 5.91 Å². The third kappa shape index (κ3) is 2.91. The zero-order valence-corrected chi connectivity index (χ0v) is 12.1. The van der Waals surface area contributed by atoms with Crippen molar-refractivity contribution < 1.29 is 14.7 Å². The van der Waals surface area contributed by atoms with Gasteiger partial charge >= 0.3 is 5.97 Å². The number of thioether (sulfide) groups is 1. The maximum atomic E-state index is 11.8. The van der Waals surface area contributed by atoms with Crippen molar-refractivity contribution in [1.29, 1.82) is 5.26 Å². The highest BCUT2D eigenvalue weighted by Gasteiger charge is 2.35. The summed E-state index contributed by atoms with van der Waals surface area (Å²) in [6.45, 7) is 0.178. The van der Waals surface area contributed by atoms with Gasteiger partial charge in [-0.05, 0) is 45.9 Å². The van der Waals surface area contributed by atoms with E-state index in [1.165, 1.54) is 4.90 Å². The van der Waals surface area contributed by atoms with Crippen LogP contribution >= 0.6 is 27.7 Å². The van der Waals surface area contributed by atoms with Crippen LogP contribution in [0, 0.1) is 16.6 Å². The molecule has 0 aromatic heterocycles. The van der Waals surface area contributed by atoms with E-state index >= 15 is 0 Å². The number of rotatable bonds is 3. The fourth-order valence-electron chi connectivity index (χ4n) is 1.93. The number of thiocyanates is 1. The highest BCUT2D eigenvalue weighted by molar-refractivity contribution is 9.10. The number of anilines is 1. The molecule has 0 aliphatic carbocycles. The summed E-state index contributed by atoms with van der Waals surface area (Å²) < 4.78 is 0.673. The van der Waals surface area contributed by atoms with E-state index in [0.29, 0.717) is 10.2 Å². The lowest BCUT2D eigenvalue weighted by Gasteiger charge is -2.18. The minimum atomic E-state index is -0.955. The molecule has 7 heteroatoms. The number of carboxylic acid groups (broad SMARTS) is 1. The predicted octanol–water partition coefficient (Wildman–Crippen LogP) is 2.46. The summed E-state index contributed by atoms with van der Waals surface area (Å²) in [6, 6.07) is 5.19. The minimum absolute atomic E-state index is 0.0243. The Kier molecular flexibility index (Phi) is 4.12. The summed E-state index contributed by atoms with van der Waals surface area (Å²) in [7, 11) is 0. The lowest BCUT2D eigenvalue weighted by molar-refractivity contribution is -0.141. The van der Waals surface area contributed by atoms with E-state index in [4.69, 9.17) is 10.4 Å². The van der Waals surface area contributed by atoms with Gasteiger partial charge in [-0.1, -0.05) is 0 Å². The largest absolute Gasteiger partial charge is 0.481 e. The van der Waals surface area contributed by atoms with Crippen LogP contribution in [0.1, 0.15) is 6.42 Å². The lowest BCUT2D eigenvalue weighted by Crippen LogP contribution is -2.26. The predicted molar refractivity (Wildman–Crippen MR) is 73.7 cm³/mol. The number of amides is 1. The number of carbonyl (C=O) groups excluding carboxylic acids is 1. The van der Waals surface area contributed by atoms with Gasteiger partial charge in [0.15, 0.2) is 0 Å². The Labute approximate surface area is 122 Å². The molecule has 98 valence electrons. The first kappa shape index (κ1) is 13.9. The van der Waals surface area contributed by atoms with Crippen LogP contribution in [0.5, 0.6) is 0 Å². The van der Waals surface area contributed by atoms with Gasteiger partial charge in [0, 0.05) is 22.3 Å². The SMILES string of the molecule is N#CSc1ccc(N2CC(C(=O)O)CC2=O)c(Br)c1. The van der Waals surface area contributed by atoms with Crippen LogP contribution in [0.4, 0.5) is 5.69 Å². The van der Waals surface area contributed by atoms with Crippen LogP contribution in [-0.4, -0.2) is 23.5 Å². The molecule has 1 saturated heterocycles. The molecule has 1 atom stereocenters. The topological polar surface area (TPSA) is 81.4 Å². The molecule has 0 spiro atoms. The summed E-state index contributed by atoms with van der Waals surface area (Å²) in [5.41, 5.74) is 0.635. The number of carboxylic acids is 1. The van der Waals surface area contributed by atoms with Gasteiger partial charge in [0.25, 0.3) is 0 Å². The molecule has 1 aromatic carbocycles. The third-order valence-corrected chi connectivity index (χ3v) is 4.06. The number of nitriles is 1. The second kappa shape index (κ2) is 5.63. The van der Waals surface area contributed by atoms with Gasteiger partial charge in [0.1, 0.15) is 5.40 Å². The average molecular weight is 341 g/mol. The van der Waals surface area contributed by atoms with Crippen molar-refractivity contribution in [2.45, 2.75) is 11.3 Å². The van der Waals surface area contributed by atoms with E-state index in [9.17, 15) is 9.59 Å². The van der Waals surface area contributed by atoms with E-state index in [-0.39, 0.29) is 18.9 Å². The first-order chi connectivity index (χ1) is 9.02. The van der Waals surface area contributed by atoms with Crippen molar-refractivity contribution in [2.24, 2.45) is 5.92 Å². The monoisotopic (exact) mass is 340 g/mol. The molecule has 1 aliphatic rings. The Hall–Kier alpha value is -1.52. The van der Waals surface area contributed by atoms with Crippen molar-refractivity contribution in [2.75, 3.05) is 11.4 Å². The summed E-state index contributed by atoms with van der Waals surface area (Å²) in [4.78, 5) is 25.0. The molecule has 1 aromatic rings. The first-order valence-corrected chi connectivity index (χ1v) is 7.02. The molecule has 1 fully saturated rings. The fraction of sp³-hybridized carbons (Fsp3) is 0.250. The summed E-state index contributed by atoms with van der Waals surface area (Å²) in [6.07, 6.45) is 0.0243. The number of hydrogen-bond acceptors (Lipinski definition) is 4. The molecule has 0 radical (unpaired) electrons. The molecule has 0 bridgehead atoms. The van der Waals surface area contributed by atoms with Crippen LogP contribution < -0.4 is 4.90 Å². The van der Waals surface area contributed by atoms with E-state index < -0.39 is 11.9 Å². The Morgan fingerprint density at radius 2 is 2.32 bits per heavy atom. The number of aliphatic carboxylic acids is 1. The van der Waals surface area contributed by atoms with Crippen LogP contribution in [0.3, 0.4) is 0 Å². The molecule has 19 heavy (non-hydrogen) atoms. The van der Waals surface area contributed by atoms with Gasteiger partial charge in [0.05, 0.1) is 11.6 Å². The van der Waals surface area contributed by atoms with E-state index in [0.717, 1.165) is 16.7 Å². The third-order valence-electron chi connectivity index (χ3n) is 2.85. The smallest absolute Gasteiger partial charge is 0.308 e. The summed E-state index contributed by atoms with van der Waals surface area (Å²) in [5.74, 6) is -1.81. The van der Waals surface area contributed by atoms with Gasteiger partial charge in [-0.15, -0.1) is 0 Å². The molecular weight excluding hydrogens is 332 g/mol. The first-order valence-electron chi connectivity index (χ1n) is 5.41. The van der Waals surface area contributed by atoms with Crippen molar-refractivity contribution in [3.63, 3.8) is 0 Å². The van der Waals surface area contributed by atoms with Gasteiger partial charge in [-0.2, -0.15) is 5.26 Å². The standard InChI is InChI=1S/C12H9BrN2O3S/c13-9-4-8(19-6-14)1-2-10(9)15-5-7(12(17)18)3-11(15)16/h1-2,4,7H,3,5H2,(H,17,18). The number of halogens is 1.